The molecule has 0 spiro atoms. The number of fused-ring (bicyclic) bond motifs is 1. The largest absolute Gasteiger partial charge is 0.322 e. The Labute approximate surface area is 201 Å². The van der Waals surface area contributed by atoms with Gasteiger partial charge < -0.3 is 14.3 Å². The molecule has 0 radical (unpaired) electrons. The molecule has 5 heterocycles. The highest BCUT2D eigenvalue weighted by atomic mass is 19.1. The zero-order valence-electron chi connectivity index (χ0n) is 19.2. The Kier molecular flexibility index (Phi) is 4.44. The zero-order valence-corrected chi connectivity index (χ0v) is 19.2. The van der Waals surface area contributed by atoms with E-state index in [1.807, 2.05) is 58.0 Å². The highest BCUT2D eigenvalue weighted by Gasteiger charge is 2.68. The lowest BCUT2D eigenvalue weighted by Gasteiger charge is -2.66. The van der Waals surface area contributed by atoms with Gasteiger partial charge in [-0.05, 0) is 54.5 Å². The Morgan fingerprint density at radius 2 is 1.91 bits per heavy atom. The van der Waals surface area contributed by atoms with Crippen LogP contribution < -0.4 is 5.32 Å². The van der Waals surface area contributed by atoms with Gasteiger partial charge in [0.05, 0.1) is 24.1 Å². The van der Waals surface area contributed by atoms with E-state index in [1.165, 1.54) is 5.56 Å². The molecule has 3 fully saturated rings. The van der Waals surface area contributed by atoms with Crippen molar-refractivity contribution in [2.45, 2.75) is 38.0 Å². The molecule has 3 aliphatic carbocycles. The van der Waals surface area contributed by atoms with Crippen molar-refractivity contribution in [2.24, 2.45) is 5.41 Å². The second kappa shape index (κ2) is 7.58. The van der Waals surface area contributed by atoms with Crippen LogP contribution in [0.4, 0.5) is 4.39 Å². The summed E-state index contributed by atoms with van der Waals surface area (Å²) < 4.78 is 19.5. The third-order valence-electron chi connectivity index (χ3n) is 7.21. The maximum absolute atomic E-state index is 13.7. The van der Waals surface area contributed by atoms with Crippen LogP contribution in [0.5, 0.6) is 0 Å². The number of hydrogen-bond donors (Lipinski definition) is 1. The van der Waals surface area contributed by atoms with E-state index in [0.29, 0.717) is 12.4 Å². The number of hydrogen-bond acceptors (Lipinski definition) is 5. The smallest absolute Gasteiger partial charge is 0.182 e. The fourth-order valence-corrected chi connectivity index (χ4v) is 5.66. The predicted octanol–water partition coefficient (Wildman–Crippen LogP) is 3.81. The monoisotopic (exact) mass is 468 g/mol. The van der Waals surface area contributed by atoms with Gasteiger partial charge >= 0.3 is 0 Å². The molecule has 1 N–H and O–H groups in total. The molecule has 3 saturated carbocycles. The topological polar surface area (TPSA) is 77.9 Å². The summed E-state index contributed by atoms with van der Waals surface area (Å²) in [6.45, 7) is 2.19. The molecule has 2 bridgehead atoms. The minimum atomic E-state index is -0.831. The number of nitrogens with zero attached hydrogens (tertiary/aromatic N) is 7. The molecule has 0 unspecified atom stereocenters. The van der Waals surface area contributed by atoms with Gasteiger partial charge in [0.25, 0.3) is 0 Å². The van der Waals surface area contributed by atoms with Crippen molar-refractivity contribution < 1.29 is 4.39 Å². The van der Waals surface area contributed by atoms with Gasteiger partial charge in [-0.1, -0.05) is 6.07 Å². The van der Waals surface area contributed by atoms with Crippen LogP contribution in [-0.4, -0.2) is 45.9 Å². The van der Waals surface area contributed by atoms with Crippen LogP contribution in [0.2, 0.25) is 0 Å². The lowest BCUT2D eigenvalue weighted by Crippen LogP contribution is -2.67. The van der Waals surface area contributed by atoms with Crippen LogP contribution in [-0.2, 0) is 13.1 Å². The fraction of sp³-hybridized carbons (Fsp3) is 0.308. The number of pyridine rings is 2. The summed E-state index contributed by atoms with van der Waals surface area (Å²) in [5, 5.41) is 8.15. The number of rotatable bonds is 8. The molecular weight excluding hydrogens is 443 g/mol. The molecule has 0 amide bonds. The zero-order chi connectivity index (χ0) is 23.5. The third kappa shape index (κ3) is 3.72. The second-order valence-corrected chi connectivity index (χ2v) is 10.1. The summed E-state index contributed by atoms with van der Waals surface area (Å²) in [7, 11) is 0. The van der Waals surface area contributed by atoms with Gasteiger partial charge in [-0.15, -0.1) is 0 Å². The van der Waals surface area contributed by atoms with E-state index < -0.39 is 5.67 Å². The number of halogens is 1. The van der Waals surface area contributed by atoms with Crippen molar-refractivity contribution in [3.8, 4) is 17.1 Å². The lowest BCUT2D eigenvalue weighted by atomic mass is 9.42. The summed E-state index contributed by atoms with van der Waals surface area (Å²) in [6.07, 6.45) is 15.6. The summed E-state index contributed by atoms with van der Waals surface area (Å²) in [4.78, 5) is 13.6. The van der Waals surface area contributed by atoms with E-state index >= 15 is 0 Å². The van der Waals surface area contributed by atoms with E-state index in [2.05, 4.69) is 32.6 Å². The lowest BCUT2D eigenvalue weighted by molar-refractivity contribution is -0.209. The van der Waals surface area contributed by atoms with Crippen LogP contribution in [0.15, 0.2) is 73.8 Å². The molecular formula is C26H25FN8. The van der Waals surface area contributed by atoms with E-state index in [4.69, 9.17) is 4.98 Å². The van der Waals surface area contributed by atoms with Crippen LogP contribution in [0.3, 0.4) is 0 Å². The van der Waals surface area contributed by atoms with E-state index in [1.54, 1.807) is 17.2 Å². The summed E-state index contributed by atoms with van der Waals surface area (Å²) in [6, 6.07) is 10.1. The van der Waals surface area contributed by atoms with Gasteiger partial charge in [0.1, 0.15) is 17.6 Å². The molecule has 0 saturated heterocycles. The molecule has 0 aliphatic heterocycles. The molecule has 8 rings (SSSR count). The van der Waals surface area contributed by atoms with Crippen molar-refractivity contribution in [3.63, 3.8) is 0 Å². The second-order valence-electron chi connectivity index (χ2n) is 10.1. The van der Waals surface area contributed by atoms with Crippen molar-refractivity contribution >= 4 is 5.65 Å². The van der Waals surface area contributed by atoms with Gasteiger partial charge in [0.15, 0.2) is 5.82 Å². The normalized spacial score (nSPS) is 22.8. The van der Waals surface area contributed by atoms with Crippen molar-refractivity contribution in [3.05, 3.63) is 85.1 Å². The molecule has 8 nitrogen and oxygen atoms in total. The van der Waals surface area contributed by atoms with Crippen molar-refractivity contribution in [2.75, 3.05) is 6.54 Å². The number of imidazole rings is 1. The molecule has 0 atom stereocenters. The quantitative estimate of drug-likeness (QED) is 0.375. The third-order valence-corrected chi connectivity index (χ3v) is 7.21. The minimum Gasteiger partial charge on any atom is -0.322 e. The van der Waals surface area contributed by atoms with Gasteiger partial charge in [-0.2, -0.15) is 5.10 Å². The average molecular weight is 469 g/mol. The molecule has 35 heavy (non-hydrogen) atoms. The minimum absolute atomic E-state index is 0.220. The van der Waals surface area contributed by atoms with Gasteiger partial charge in [-0.25, -0.2) is 19.0 Å². The van der Waals surface area contributed by atoms with Gasteiger partial charge in [0.2, 0.25) is 0 Å². The van der Waals surface area contributed by atoms with Crippen LogP contribution in [0, 0.1) is 5.41 Å². The standard InChI is InChI=1S/C26H25FN8/c27-26-14-25(15-26,16-26)17-29-8-19-3-4-23-31-21(12-34(23)11-19)13-35-18-30-24(32-35)20-7-22(10-28-9-20)33-5-1-2-6-33/h1-7,9-12,18,29H,8,13-17H2. The highest BCUT2D eigenvalue weighted by Crippen LogP contribution is 2.69. The molecule has 176 valence electrons. The van der Waals surface area contributed by atoms with Gasteiger partial charge in [-0.3, -0.25) is 4.98 Å². The Morgan fingerprint density at radius 3 is 2.74 bits per heavy atom. The SMILES string of the molecule is FC12CC(CNCc3ccc4nc(Cn5cnc(-c6cncc(-n7cccc7)c6)n5)cn4c3)(C1)C2. The van der Waals surface area contributed by atoms with E-state index in [-0.39, 0.29) is 5.41 Å². The first-order valence-electron chi connectivity index (χ1n) is 11.9. The average Bonchev–Trinajstić information content (AvgIpc) is 3.58. The number of alkyl halides is 1. The molecule has 5 aromatic heterocycles. The first-order chi connectivity index (χ1) is 17.0. The number of nitrogens with one attached hydrogen (secondary N) is 1. The first-order valence-corrected chi connectivity index (χ1v) is 11.9. The maximum atomic E-state index is 13.7. The Bertz CT molecular complexity index is 1500. The Morgan fingerprint density at radius 1 is 1.06 bits per heavy atom. The van der Waals surface area contributed by atoms with E-state index in [9.17, 15) is 4.39 Å². The van der Waals surface area contributed by atoms with Gasteiger partial charge in [0, 0.05) is 49.6 Å². The van der Waals surface area contributed by atoms with Crippen LogP contribution in [0.25, 0.3) is 22.7 Å². The highest BCUT2D eigenvalue weighted by molar-refractivity contribution is 5.56. The Hall–Kier alpha value is -3.85. The Balaban J connectivity index is 1.02. The molecule has 9 heteroatoms. The maximum Gasteiger partial charge on any atom is 0.182 e. The fourth-order valence-electron chi connectivity index (χ4n) is 5.66. The van der Waals surface area contributed by atoms with Crippen LogP contribution >= 0.6 is 0 Å². The summed E-state index contributed by atoms with van der Waals surface area (Å²) in [5.41, 5.74) is 4.20. The molecule has 0 aromatic carbocycles. The summed E-state index contributed by atoms with van der Waals surface area (Å²) in [5.74, 6) is 0.631. The number of aromatic nitrogens is 7. The first kappa shape index (κ1) is 20.5. The molecule has 3 aliphatic rings. The van der Waals surface area contributed by atoms with Crippen LogP contribution in [0.1, 0.15) is 30.5 Å². The molecule has 5 aromatic rings. The van der Waals surface area contributed by atoms with Crippen molar-refractivity contribution in [1.29, 1.82) is 0 Å². The van der Waals surface area contributed by atoms with E-state index in [0.717, 1.165) is 54.9 Å². The van der Waals surface area contributed by atoms with Crippen molar-refractivity contribution in [1.82, 2.24) is 39.0 Å². The predicted molar refractivity (Wildman–Crippen MR) is 129 cm³/mol. The summed E-state index contributed by atoms with van der Waals surface area (Å²) >= 11 is 0.